The fourth-order valence-electron chi connectivity index (χ4n) is 3.63. The number of aryl methyl sites for hydroxylation is 1. The van der Waals surface area contributed by atoms with Crippen molar-refractivity contribution >= 4 is 23.6 Å². The largest absolute Gasteiger partial charge is 0.352 e. The molecule has 3 unspecified atom stereocenters. The predicted octanol–water partition coefficient (Wildman–Crippen LogP) is 3.85. The van der Waals surface area contributed by atoms with Crippen LogP contribution >= 0.6 is 11.8 Å². The molecule has 1 heterocycles. The Morgan fingerprint density at radius 2 is 1.89 bits per heavy atom. The molecule has 1 aromatic carbocycles. The molecule has 1 N–H and O–H groups in total. The Morgan fingerprint density at radius 3 is 2.52 bits per heavy atom. The molecule has 1 aliphatic heterocycles. The maximum Gasteiger partial charge on any atom is 0.243 e. The summed E-state index contributed by atoms with van der Waals surface area (Å²) in [6.07, 6.45) is 4.77. The van der Waals surface area contributed by atoms with E-state index in [0.29, 0.717) is 11.7 Å². The summed E-state index contributed by atoms with van der Waals surface area (Å²) in [4.78, 5) is 27.7. The van der Waals surface area contributed by atoms with Gasteiger partial charge in [0, 0.05) is 17.7 Å². The smallest absolute Gasteiger partial charge is 0.243 e. The Balaban J connectivity index is 1.57. The van der Waals surface area contributed by atoms with Crippen molar-refractivity contribution in [1.82, 2.24) is 10.2 Å². The quantitative estimate of drug-likeness (QED) is 0.736. The number of carbonyl (C=O) groups is 2. The highest BCUT2D eigenvalue weighted by Crippen LogP contribution is 2.39. The summed E-state index contributed by atoms with van der Waals surface area (Å²) < 4.78 is 0. The summed E-state index contributed by atoms with van der Waals surface area (Å²) in [6, 6.07) is 10.1. The van der Waals surface area contributed by atoms with Gasteiger partial charge >= 0.3 is 0 Å². The molecular formula is C22H32N2O2S. The Kier molecular flexibility index (Phi) is 6.85. The maximum absolute atomic E-state index is 12.9. The lowest BCUT2D eigenvalue weighted by molar-refractivity contribution is -0.141. The van der Waals surface area contributed by atoms with Crippen LogP contribution in [0.3, 0.4) is 0 Å². The molecule has 1 saturated heterocycles. The number of nitrogens with one attached hydrogen (secondary N) is 1. The third kappa shape index (κ3) is 5.50. The molecule has 3 rings (SSSR count). The van der Waals surface area contributed by atoms with Gasteiger partial charge in [-0.25, -0.2) is 0 Å². The van der Waals surface area contributed by atoms with Gasteiger partial charge in [0.15, 0.2) is 0 Å². The van der Waals surface area contributed by atoms with Crippen molar-refractivity contribution in [3.8, 4) is 0 Å². The van der Waals surface area contributed by atoms with Crippen LogP contribution in [0.5, 0.6) is 0 Å². The van der Waals surface area contributed by atoms with Crippen molar-refractivity contribution in [2.24, 2.45) is 11.8 Å². The summed E-state index contributed by atoms with van der Waals surface area (Å²) in [7, 11) is 0. The van der Waals surface area contributed by atoms with Crippen molar-refractivity contribution in [3.63, 3.8) is 0 Å². The fraction of sp³-hybridized carbons (Fsp3) is 0.636. The molecule has 2 amide bonds. The van der Waals surface area contributed by atoms with E-state index in [-0.39, 0.29) is 35.2 Å². The second-order valence-corrected chi connectivity index (χ2v) is 9.60. The molecule has 0 aromatic heterocycles. The van der Waals surface area contributed by atoms with E-state index in [4.69, 9.17) is 0 Å². The van der Waals surface area contributed by atoms with Crippen molar-refractivity contribution in [2.45, 2.75) is 70.3 Å². The molecule has 148 valence electrons. The average molecular weight is 389 g/mol. The molecule has 1 aliphatic carbocycles. The molecule has 2 fully saturated rings. The normalized spacial score (nSPS) is 23.5. The van der Waals surface area contributed by atoms with Gasteiger partial charge in [-0.2, -0.15) is 0 Å². The van der Waals surface area contributed by atoms with Crippen molar-refractivity contribution in [3.05, 3.63) is 35.9 Å². The molecular weight excluding hydrogens is 356 g/mol. The molecule has 27 heavy (non-hydrogen) atoms. The monoisotopic (exact) mass is 388 g/mol. The van der Waals surface area contributed by atoms with Crippen molar-refractivity contribution < 1.29 is 9.59 Å². The number of thioether (sulfide) groups is 1. The van der Waals surface area contributed by atoms with Gasteiger partial charge in [-0.15, -0.1) is 11.8 Å². The number of rotatable bonds is 8. The molecule has 2 aliphatic rings. The molecule has 3 atom stereocenters. The van der Waals surface area contributed by atoms with E-state index >= 15 is 0 Å². The standard InChI is InChI=1S/C22H32N2O2S/c1-15(2)13-20-24(22(26)18-11-12-18)19(14-27-20)21(25)23-16(3)9-10-17-7-5-4-6-8-17/h4-8,15-16,18-20H,9-14H2,1-3H3,(H,23,25). The molecule has 5 heteroatoms. The Bertz CT molecular complexity index is 645. The van der Waals surface area contributed by atoms with E-state index in [1.807, 2.05) is 23.1 Å². The predicted molar refractivity (Wildman–Crippen MR) is 111 cm³/mol. The zero-order chi connectivity index (χ0) is 19.4. The molecule has 4 nitrogen and oxygen atoms in total. The number of benzene rings is 1. The van der Waals surface area contributed by atoms with E-state index in [0.717, 1.165) is 32.1 Å². The van der Waals surface area contributed by atoms with Gasteiger partial charge in [0.05, 0.1) is 5.37 Å². The topological polar surface area (TPSA) is 49.4 Å². The lowest BCUT2D eigenvalue weighted by atomic mass is 10.1. The minimum atomic E-state index is -0.314. The van der Waals surface area contributed by atoms with Crippen LogP contribution in [0.25, 0.3) is 0 Å². The molecule has 1 saturated carbocycles. The number of hydrogen-bond acceptors (Lipinski definition) is 3. The molecule has 1 aromatic rings. The van der Waals surface area contributed by atoms with Gasteiger partial charge in [0.25, 0.3) is 0 Å². The first-order valence-corrected chi connectivity index (χ1v) is 11.3. The van der Waals surface area contributed by atoms with E-state index < -0.39 is 0 Å². The van der Waals surface area contributed by atoms with E-state index in [1.54, 1.807) is 11.8 Å². The van der Waals surface area contributed by atoms with Crippen molar-refractivity contribution in [2.75, 3.05) is 5.75 Å². The number of amides is 2. The second-order valence-electron chi connectivity index (χ2n) is 8.39. The zero-order valence-electron chi connectivity index (χ0n) is 16.7. The van der Waals surface area contributed by atoms with Gasteiger partial charge < -0.3 is 10.2 Å². The van der Waals surface area contributed by atoms with Gasteiger partial charge in [0.1, 0.15) is 6.04 Å². The number of carbonyl (C=O) groups excluding carboxylic acids is 2. The molecule has 0 radical (unpaired) electrons. The van der Waals surface area contributed by atoms with Crippen molar-refractivity contribution in [1.29, 1.82) is 0 Å². The highest BCUT2D eigenvalue weighted by atomic mass is 32.2. The first kappa shape index (κ1) is 20.2. The van der Waals surface area contributed by atoms with Crippen LogP contribution in [-0.2, 0) is 16.0 Å². The number of nitrogens with zero attached hydrogens (tertiary/aromatic N) is 1. The van der Waals surface area contributed by atoms with E-state index in [1.165, 1.54) is 5.56 Å². The summed E-state index contributed by atoms with van der Waals surface area (Å²) >= 11 is 1.77. The van der Waals surface area contributed by atoms with Crippen LogP contribution in [0.1, 0.15) is 52.0 Å². The summed E-state index contributed by atoms with van der Waals surface area (Å²) in [5.74, 6) is 1.60. The Morgan fingerprint density at radius 1 is 1.19 bits per heavy atom. The fourth-order valence-corrected chi connectivity index (χ4v) is 5.27. The lowest BCUT2D eigenvalue weighted by Gasteiger charge is -2.30. The van der Waals surface area contributed by atoms with Gasteiger partial charge in [-0.3, -0.25) is 9.59 Å². The van der Waals surface area contributed by atoms with Crippen LogP contribution in [0, 0.1) is 11.8 Å². The lowest BCUT2D eigenvalue weighted by Crippen LogP contribution is -2.52. The Hall–Kier alpha value is -1.49. The van der Waals surface area contributed by atoms with Gasteiger partial charge in [-0.05, 0) is 50.5 Å². The third-order valence-corrected chi connectivity index (χ3v) is 6.66. The van der Waals surface area contributed by atoms with Gasteiger partial charge in [0.2, 0.25) is 11.8 Å². The van der Waals surface area contributed by atoms with Crippen LogP contribution in [0.15, 0.2) is 30.3 Å². The third-order valence-electron chi connectivity index (χ3n) is 5.35. The van der Waals surface area contributed by atoms with Crippen LogP contribution in [0.2, 0.25) is 0 Å². The minimum Gasteiger partial charge on any atom is -0.352 e. The van der Waals surface area contributed by atoms with E-state index in [9.17, 15) is 9.59 Å². The van der Waals surface area contributed by atoms with Crippen LogP contribution in [0.4, 0.5) is 0 Å². The summed E-state index contributed by atoms with van der Waals surface area (Å²) in [6.45, 7) is 6.42. The zero-order valence-corrected chi connectivity index (χ0v) is 17.5. The SMILES string of the molecule is CC(C)CC1SCC(C(=O)NC(C)CCc2ccccc2)N1C(=O)C1CC1. The highest BCUT2D eigenvalue weighted by Gasteiger charge is 2.46. The maximum atomic E-state index is 12.9. The first-order chi connectivity index (χ1) is 13.0. The summed E-state index contributed by atoms with van der Waals surface area (Å²) in [5.41, 5.74) is 1.29. The number of hydrogen-bond donors (Lipinski definition) is 1. The molecule has 0 bridgehead atoms. The summed E-state index contributed by atoms with van der Waals surface area (Å²) in [5, 5.41) is 3.31. The second kappa shape index (κ2) is 9.13. The van der Waals surface area contributed by atoms with Crippen LogP contribution in [-0.4, -0.2) is 39.9 Å². The molecule has 0 spiro atoms. The minimum absolute atomic E-state index is 0.0170. The average Bonchev–Trinajstić information content (AvgIpc) is 3.41. The van der Waals surface area contributed by atoms with Crippen LogP contribution < -0.4 is 5.32 Å². The Labute approximate surface area is 167 Å². The van der Waals surface area contributed by atoms with E-state index in [2.05, 4.69) is 38.2 Å². The highest BCUT2D eigenvalue weighted by molar-refractivity contribution is 8.00. The first-order valence-electron chi connectivity index (χ1n) is 10.2. The van der Waals surface area contributed by atoms with Gasteiger partial charge in [-0.1, -0.05) is 44.2 Å².